The van der Waals surface area contributed by atoms with Gasteiger partial charge >= 0.3 is 0 Å². The summed E-state index contributed by atoms with van der Waals surface area (Å²) in [6, 6.07) is 47.7. The molecule has 2 aromatic heterocycles. The fourth-order valence-corrected chi connectivity index (χ4v) is 8.68. The Labute approximate surface area is 389 Å². The number of benzene rings is 6. The van der Waals surface area contributed by atoms with Crippen molar-refractivity contribution in [1.29, 1.82) is 0 Å². The van der Waals surface area contributed by atoms with Crippen molar-refractivity contribution in [3.05, 3.63) is 167 Å². The number of phenolic OH excluding ortho intramolecular Hbond substituents is 1. The van der Waals surface area contributed by atoms with Crippen molar-refractivity contribution >= 4 is 11.0 Å². The molecule has 332 valence electrons. The summed E-state index contributed by atoms with van der Waals surface area (Å²) in [6.45, 7) is 30.6. The van der Waals surface area contributed by atoms with E-state index in [2.05, 4.69) is 221 Å². The average Bonchev–Trinajstić information content (AvgIpc) is 3.64. The van der Waals surface area contributed by atoms with Gasteiger partial charge in [0, 0.05) is 29.9 Å². The predicted octanol–water partition coefficient (Wildman–Crippen LogP) is 16.8. The van der Waals surface area contributed by atoms with E-state index in [-0.39, 0.29) is 27.4 Å². The molecule has 0 bridgehead atoms. The molecule has 0 aliphatic carbocycles. The van der Waals surface area contributed by atoms with Crippen molar-refractivity contribution in [3.8, 4) is 67.5 Å². The Morgan fingerprint density at radius 2 is 1.11 bits per heavy atom. The fourth-order valence-electron chi connectivity index (χ4n) is 8.68. The molecule has 2 heterocycles. The molecule has 0 radical (unpaired) electrons. The molecule has 8 aromatic rings. The molecule has 0 saturated carbocycles. The number of pyridine rings is 1. The van der Waals surface area contributed by atoms with Crippen molar-refractivity contribution in [1.82, 2.24) is 14.5 Å². The van der Waals surface area contributed by atoms with E-state index in [0.717, 1.165) is 78.0 Å². The molecule has 0 unspecified atom stereocenters. The maximum atomic E-state index is 12.5. The molecule has 0 saturated heterocycles. The van der Waals surface area contributed by atoms with Crippen LogP contribution in [-0.4, -0.2) is 19.6 Å². The summed E-state index contributed by atoms with van der Waals surface area (Å²) >= 11 is 0. The van der Waals surface area contributed by atoms with Gasteiger partial charge in [-0.2, -0.15) is 0 Å². The van der Waals surface area contributed by atoms with Gasteiger partial charge in [0.05, 0.1) is 22.3 Å². The quantitative estimate of drug-likeness (QED) is 0.174. The number of phenols is 1. The van der Waals surface area contributed by atoms with Crippen LogP contribution in [0.5, 0.6) is 5.75 Å². The second-order valence-electron chi connectivity index (χ2n) is 22.3. The van der Waals surface area contributed by atoms with E-state index >= 15 is 0 Å². The van der Waals surface area contributed by atoms with Gasteiger partial charge < -0.3 is 5.11 Å². The normalized spacial score (nSPS) is 13.0. The van der Waals surface area contributed by atoms with Crippen LogP contribution < -0.4 is 0 Å². The molecule has 6 aromatic carbocycles. The monoisotopic (exact) mass is 859 g/mol. The van der Waals surface area contributed by atoms with Gasteiger partial charge in [-0.1, -0.05) is 182 Å². The van der Waals surface area contributed by atoms with Crippen molar-refractivity contribution in [2.24, 2.45) is 0 Å². The minimum Gasteiger partial charge on any atom is -0.507 e. The van der Waals surface area contributed by atoms with Crippen molar-refractivity contribution in [2.45, 2.75) is 124 Å². The van der Waals surface area contributed by atoms with E-state index in [1.807, 2.05) is 20.0 Å². The summed E-state index contributed by atoms with van der Waals surface area (Å²) < 4.78 is 10.8. The maximum absolute atomic E-state index is 12.5. The van der Waals surface area contributed by atoms with E-state index < -0.39 is 5.89 Å². The zero-order chi connectivity index (χ0) is 47.7. The minimum absolute atomic E-state index is 0.146. The van der Waals surface area contributed by atoms with Crippen LogP contribution in [0.1, 0.15) is 132 Å². The molecule has 1 N–H and O–H groups in total. The first-order valence-electron chi connectivity index (χ1n) is 23.6. The zero-order valence-electron chi connectivity index (χ0n) is 42.1. The molecular weight excluding hydrogens is 791 g/mol. The SMILES string of the molecule is [2H]C(C)(C)c1ccc(-c2ccnc(-c3cc(-c4cccc5c4nc(-c4cc(C(C)(C)C)cc(C(C)(C)C)c4O)n5-c4cc(-c5ccccc5)cc(C(C)(C)C)c4)cc(C(C)(C)C)c3)c2)cc1. The first-order valence-corrected chi connectivity index (χ1v) is 23.1. The zero-order valence-corrected chi connectivity index (χ0v) is 41.1. The molecule has 0 atom stereocenters. The molecule has 4 heteroatoms. The fraction of sp³-hybridized carbons (Fsp3) is 0.311. The number of nitrogens with zero attached hydrogens (tertiary/aromatic N) is 3. The van der Waals surface area contributed by atoms with Gasteiger partial charge in [0.1, 0.15) is 11.6 Å². The Bertz CT molecular complexity index is 3080. The minimum atomic E-state index is -0.668. The van der Waals surface area contributed by atoms with Gasteiger partial charge in [0.25, 0.3) is 0 Å². The van der Waals surface area contributed by atoms with Gasteiger partial charge in [-0.25, -0.2) is 4.98 Å². The lowest BCUT2D eigenvalue weighted by molar-refractivity contribution is 0.446. The topological polar surface area (TPSA) is 50.9 Å². The van der Waals surface area contributed by atoms with Crippen LogP contribution in [0.15, 0.2) is 140 Å². The largest absolute Gasteiger partial charge is 0.507 e. The number of aromatic hydroxyl groups is 1. The van der Waals surface area contributed by atoms with Crippen LogP contribution in [0.4, 0.5) is 0 Å². The molecule has 65 heavy (non-hydrogen) atoms. The van der Waals surface area contributed by atoms with Gasteiger partial charge in [-0.15, -0.1) is 0 Å². The van der Waals surface area contributed by atoms with Crippen LogP contribution in [0.2, 0.25) is 0 Å². The van der Waals surface area contributed by atoms with Gasteiger partial charge in [-0.05, 0) is 126 Å². The third kappa shape index (κ3) is 9.19. The van der Waals surface area contributed by atoms with Crippen LogP contribution in [-0.2, 0) is 21.7 Å². The van der Waals surface area contributed by atoms with E-state index in [9.17, 15) is 5.11 Å². The van der Waals surface area contributed by atoms with Gasteiger partial charge in [-0.3, -0.25) is 9.55 Å². The number of aromatic nitrogens is 3. The Kier molecular flexibility index (Phi) is 11.2. The Balaban J connectivity index is 1.42. The molecule has 0 fully saturated rings. The summed E-state index contributed by atoms with van der Waals surface area (Å²) in [5.74, 6) is 0.279. The lowest BCUT2D eigenvalue weighted by atomic mass is 9.79. The summed E-state index contributed by atoms with van der Waals surface area (Å²) in [7, 11) is 0. The highest BCUT2D eigenvalue weighted by atomic mass is 16.3. The third-order valence-electron chi connectivity index (χ3n) is 12.8. The van der Waals surface area contributed by atoms with Gasteiger partial charge in [0.15, 0.2) is 0 Å². The van der Waals surface area contributed by atoms with E-state index in [4.69, 9.17) is 11.3 Å². The number of fused-ring (bicyclic) bond motifs is 1. The third-order valence-corrected chi connectivity index (χ3v) is 12.8. The second kappa shape index (κ2) is 16.6. The maximum Gasteiger partial charge on any atom is 0.149 e. The molecule has 4 nitrogen and oxygen atoms in total. The molecule has 0 amide bonds. The number of hydrogen-bond donors (Lipinski definition) is 1. The first-order chi connectivity index (χ1) is 30.8. The molecular formula is C61H67N3O. The number of para-hydroxylation sites is 1. The number of rotatable bonds is 7. The number of imidazole rings is 1. The Morgan fingerprint density at radius 1 is 0.508 bits per heavy atom. The smallest absolute Gasteiger partial charge is 0.149 e. The molecule has 0 spiro atoms. The highest BCUT2D eigenvalue weighted by Gasteiger charge is 2.30. The number of hydrogen-bond acceptors (Lipinski definition) is 3. The van der Waals surface area contributed by atoms with Crippen molar-refractivity contribution < 1.29 is 6.48 Å². The van der Waals surface area contributed by atoms with Crippen LogP contribution in [0, 0.1) is 0 Å². The highest BCUT2D eigenvalue weighted by Crippen LogP contribution is 2.46. The Morgan fingerprint density at radius 3 is 1.74 bits per heavy atom. The first kappa shape index (κ1) is 44.0. The summed E-state index contributed by atoms with van der Waals surface area (Å²) in [6.07, 6.45) is 1.89. The van der Waals surface area contributed by atoms with Crippen LogP contribution >= 0.6 is 0 Å². The summed E-state index contributed by atoms with van der Waals surface area (Å²) in [5.41, 5.74) is 16.5. The van der Waals surface area contributed by atoms with Crippen LogP contribution in [0.25, 0.3) is 72.7 Å². The van der Waals surface area contributed by atoms with Gasteiger partial charge in [0.2, 0.25) is 0 Å². The average molecular weight is 859 g/mol. The lowest BCUT2D eigenvalue weighted by Crippen LogP contribution is -2.17. The Hall–Kier alpha value is -6.26. The van der Waals surface area contributed by atoms with E-state index in [1.54, 1.807) is 0 Å². The summed E-state index contributed by atoms with van der Waals surface area (Å²) in [4.78, 5) is 10.6. The van der Waals surface area contributed by atoms with Crippen molar-refractivity contribution in [2.75, 3.05) is 0 Å². The van der Waals surface area contributed by atoms with Crippen LogP contribution in [0.3, 0.4) is 0 Å². The second-order valence-corrected chi connectivity index (χ2v) is 22.3. The van der Waals surface area contributed by atoms with E-state index in [1.165, 1.54) is 11.1 Å². The van der Waals surface area contributed by atoms with E-state index in [0.29, 0.717) is 11.4 Å². The standard InChI is InChI=1S/C61H67N3O/c1-38(2)39-23-25-41(26-24-39)42-27-28-62-53(34-42)45-29-44(31-46(32-45)58(3,4)5)50-21-18-22-54-55(50)63-57(51-36-48(60(9,10)11)37-52(56(51)65)61(12,13)14)64(54)49-33-43(40-19-16-15-17-20-40)30-47(35-49)59(6,7)8/h15-38,65H,1-14H3/i38D. The predicted molar refractivity (Wildman–Crippen MR) is 277 cm³/mol. The molecule has 0 aliphatic rings. The van der Waals surface area contributed by atoms with Crippen molar-refractivity contribution in [3.63, 3.8) is 0 Å². The highest BCUT2D eigenvalue weighted by molar-refractivity contribution is 5.97. The summed E-state index contributed by atoms with van der Waals surface area (Å²) in [5, 5.41) is 12.5. The molecule has 8 rings (SSSR count). The lowest BCUT2D eigenvalue weighted by Gasteiger charge is -2.28. The molecule has 0 aliphatic heterocycles.